The van der Waals surface area contributed by atoms with Gasteiger partial charge in [-0.1, -0.05) is 25.0 Å². The molecule has 1 aliphatic rings. The third-order valence-electron chi connectivity index (χ3n) is 4.47. The minimum atomic E-state index is 0.300. The van der Waals surface area contributed by atoms with Gasteiger partial charge < -0.3 is 4.40 Å². The van der Waals surface area contributed by atoms with Gasteiger partial charge in [0.05, 0.1) is 12.2 Å². The molecule has 0 amide bonds. The first kappa shape index (κ1) is 14.9. The zero-order valence-electron chi connectivity index (χ0n) is 13.2. The van der Waals surface area contributed by atoms with Gasteiger partial charge in [0, 0.05) is 23.9 Å². The van der Waals surface area contributed by atoms with E-state index in [0.29, 0.717) is 12.0 Å². The fourth-order valence-electron chi connectivity index (χ4n) is 2.94. The number of aromatic nitrogens is 2. The lowest BCUT2D eigenvalue weighted by atomic mass is 9.82. The minimum Gasteiger partial charge on any atom is -0.306 e. The van der Waals surface area contributed by atoms with Gasteiger partial charge in [0.25, 0.3) is 0 Å². The van der Waals surface area contributed by atoms with Gasteiger partial charge in [0.15, 0.2) is 0 Å². The van der Waals surface area contributed by atoms with Crippen molar-refractivity contribution < 1.29 is 0 Å². The number of azide groups is 1. The summed E-state index contributed by atoms with van der Waals surface area (Å²) in [6.45, 7) is 8.32. The summed E-state index contributed by atoms with van der Waals surface area (Å²) in [6.07, 6.45) is 6.59. The molecule has 0 aromatic carbocycles. The molecule has 0 saturated carbocycles. The molecule has 22 heavy (non-hydrogen) atoms. The summed E-state index contributed by atoms with van der Waals surface area (Å²) < 4.78 is 2.02. The van der Waals surface area contributed by atoms with Crippen LogP contribution in [0.4, 0.5) is 0 Å². The Hall–Kier alpha value is -2.04. The van der Waals surface area contributed by atoms with Crippen LogP contribution in [-0.2, 0) is 13.1 Å². The average molecular weight is 298 g/mol. The summed E-state index contributed by atoms with van der Waals surface area (Å²) >= 11 is 0. The van der Waals surface area contributed by atoms with Gasteiger partial charge in [-0.2, -0.15) is 0 Å². The number of hydrogen-bond acceptors (Lipinski definition) is 3. The molecule has 116 valence electrons. The number of hydrogen-bond donors (Lipinski definition) is 0. The third kappa shape index (κ3) is 3.40. The normalized spacial score (nSPS) is 18.3. The number of nitrogens with zero attached hydrogens (tertiary/aromatic N) is 6. The third-order valence-corrected chi connectivity index (χ3v) is 4.47. The number of fused-ring (bicyclic) bond motifs is 1. The van der Waals surface area contributed by atoms with Gasteiger partial charge in [0.1, 0.15) is 5.65 Å². The van der Waals surface area contributed by atoms with Crippen molar-refractivity contribution >= 4 is 5.65 Å². The van der Waals surface area contributed by atoms with Crippen LogP contribution in [0.2, 0.25) is 0 Å². The van der Waals surface area contributed by atoms with Gasteiger partial charge in [0.2, 0.25) is 0 Å². The topological polar surface area (TPSA) is 69.3 Å². The molecule has 3 heterocycles. The number of pyridine rings is 1. The van der Waals surface area contributed by atoms with Crippen molar-refractivity contribution in [1.82, 2.24) is 14.3 Å². The smallest absolute Gasteiger partial charge is 0.136 e. The van der Waals surface area contributed by atoms with Gasteiger partial charge in [-0.15, -0.1) is 0 Å². The molecule has 0 atom stereocenters. The van der Waals surface area contributed by atoms with Gasteiger partial charge >= 0.3 is 0 Å². The first-order valence-corrected chi connectivity index (χ1v) is 7.75. The second-order valence-corrected chi connectivity index (χ2v) is 6.86. The molecule has 0 unspecified atom stereocenters. The van der Waals surface area contributed by atoms with Crippen LogP contribution in [0.5, 0.6) is 0 Å². The van der Waals surface area contributed by atoms with Crippen LogP contribution in [0.3, 0.4) is 0 Å². The van der Waals surface area contributed by atoms with Crippen LogP contribution in [-0.4, -0.2) is 27.4 Å². The first-order chi connectivity index (χ1) is 10.6. The van der Waals surface area contributed by atoms with E-state index in [-0.39, 0.29) is 0 Å². The van der Waals surface area contributed by atoms with Crippen LogP contribution >= 0.6 is 0 Å². The molecular weight excluding hydrogens is 276 g/mol. The van der Waals surface area contributed by atoms with Crippen molar-refractivity contribution in [2.24, 2.45) is 10.5 Å². The highest BCUT2D eigenvalue weighted by molar-refractivity contribution is 5.41. The fourth-order valence-corrected chi connectivity index (χ4v) is 2.94. The Morgan fingerprint density at radius 2 is 2.05 bits per heavy atom. The molecule has 0 N–H and O–H groups in total. The van der Waals surface area contributed by atoms with E-state index in [1.54, 1.807) is 0 Å². The monoisotopic (exact) mass is 298 g/mol. The highest BCUT2D eigenvalue weighted by Crippen LogP contribution is 2.30. The van der Waals surface area contributed by atoms with E-state index in [1.807, 2.05) is 16.7 Å². The highest BCUT2D eigenvalue weighted by Gasteiger charge is 2.25. The lowest BCUT2D eigenvalue weighted by Crippen LogP contribution is -2.36. The number of rotatable bonds is 4. The number of piperidine rings is 1. The number of imidazole rings is 1. The van der Waals surface area contributed by atoms with E-state index in [2.05, 4.69) is 46.0 Å². The van der Waals surface area contributed by atoms with Crippen molar-refractivity contribution in [3.05, 3.63) is 46.2 Å². The maximum Gasteiger partial charge on any atom is 0.136 e. The summed E-state index contributed by atoms with van der Waals surface area (Å²) in [4.78, 5) is 9.74. The summed E-state index contributed by atoms with van der Waals surface area (Å²) in [5.41, 5.74) is 11.9. The van der Waals surface area contributed by atoms with Crippen LogP contribution in [0.25, 0.3) is 16.1 Å². The lowest BCUT2D eigenvalue weighted by molar-refractivity contribution is 0.127. The summed E-state index contributed by atoms with van der Waals surface area (Å²) in [7, 11) is 0. The molecule has 0 spiro atoms. The Kier molecular flexibility index (Phi) is 4.05. The summed E-state index contributed by atoms with van der Waals surface area (Å²) in [5.74, 6) is 0. The van der Waals surface area contributed by atoms with Crippen LogP contribution in [0.1, 0.15) is 37.9 Å². The van der Waals surface area contributed by atoms with E-state index in [1.165, 1.54) is 18.4 Å². The van der Waals surface area contributed by atoms with E-state index < -0.39 is 0 Å². The first-order valence-electron chi connectivity index (χ1n) is 7.75. The standard InChI is InChI=1S/C16H22N6/c1-16(2)5-7-21(8-6-16)10-13-3-4-15-19-14(9-18-20-17)12-22(15)11-13/h3-4,11-12H,5-10H2,1-2H3. The second-order valence-electron chi connectivity index (χ2n) is 6.86. The van der Waals surface area contributed by atoms with E-state index in [9.17, 15) is 0 Å². The molecule has 0 radical (unpaired) electrons. The molecular formula is C16H22N6. The van der Waals surface area contributed by atoms with Gasteiger partial charge in [-0.25, -0.2) is 4.98 Å². The Balaban J connectivity index is 1.70. The SMILES string of the molecule is CC1(C)CCN(Cc2ccc3nc(CN=[N+]=[N-])cn3c2)CC1. The highest BCUT2D eigenvalue weighted by atomic mass is 15.1. The maximum absolute atomic E-state index is 8.38. The van der Waals surface area contributed by atoms with Crippen molar-refractivity contribution in [3.63, 3.8) is 0 Å². The Bertz CT molecular complexity index is 700. The fraction of sp³-hybridized carbons (Fsp3) is 0.562. The molecule has 1 saturated heterocycles. The molecule has 0 bridgehead atoms. The largest absolute Gasteiger partial charge is 0.306 e. The van der Waals surface area contributed by atoms with Gasteiger partial charge in [-0.05, 0) is 48.5 Å². The second kappa shape index (κ2) is 5.99. The van der Waals surface area contributed by atoms with Crippen molar-refractivity contribution in [3.8, 4) is 0 Å². The van der Waals surface area contributed by atoms with Crippen LogP contribution < -0.4 is 0 Å². The van der Waals surface area contributed by atoms with Crippen molar-refractivity contribution in [2.45, 2.75) is 39.8 Å². The molecule has 6 heteroatoms. The Labute approximate surface area is 130 Å². The molecule has 3 rings (SSSR count). The molecule has 2 aromatic rings. The van der Waals surface area contributed by atoms with E-state index in [0.717, 1.165) is 31.0 Å². The van der Waals surface area contributed by atoms with E-state index in [4.69, 9.17) is 5.53 Å². The van der Waals surface area contributed by atoms with Gasteiger partial charge in [-0.3, -0.25) is 4.90 Å². The predicted molar refractivity (Wildman–Crippen MR) is 86.3 cm³/mol. The number of likely N-dealkylation sites (tertiary alicyclic amines) is 1. The summed E-state index contributed by atoms with van der Waals surface area (Å²) in [6, 6.07) is 4.17. The van der Waals surface area contributed by atoms with Crippen molar-refractivity contribution in [2.75, 3.05) is 13.1 Å². The van der Waals surface area contributed by atoms with Crippen LogP contribution in [0.15, 0.2) is 29.6 Å². The lowest BCUT2D eigenvalue weighted by Gasteiger charge is -2.36. The molecule has 1 aliphatic heterocycles. The summed E-state index contributed by atoms with van der Waals surface area (Å²) in [5, 5.41) is 3.56. The van der Waals surface area contributed by atoms with Crippen molar-refractivity contribution in [1.29, 1.82) is 0 Å². The minimum absolute atomic E-state index is 0.300. The molecule has 0 aliphatic carbocycles. The predicted octanol–water partition coefficient (Wildman–Crippen LogP) is 3.77. The average Bonchev–Trinajstić information content (AvgIpc) is 2.89. The Morgan fingerprint density at radius 1 is 1.27 bits per heavy atom. The zero-order chi connectivity index (χ0) is 15.6. The quantitative estimate of drug-likeness (QED) is 0.490. The maximum atomic E-state index is 8.38. The Morgan fingerprint density at radius 3 is 2.77 bits per heavy atom. The zero-order valence-corrected chi connectivity index (χ0v) is 13.2. The molecule has 6 nitrogen and oxygen atoms in total. The van der Waals surface area contributed by atoms with Crippen LogP contribution in [0, 0.1) is 5.41 Å². The molecule has 2 aromatic heterocycles. The molecule has 1 fully saturated rings. The van der Waals surface area contributed by atoms with E-state index >= 15 is 0 Å².